The number of methoxy groups -OCH3 is 1. The lowest BCUT2D eigenvalue weighted by Crippen LogP contribution is -2.20. The van der Waals surface area contributed by atoms with Crippen LogP contribution in [0.5, 0.6) is 5.75 Å². The molecule has 0 aliphatic heterocycles. The van der Waals surface area contributed by atoms with Crippen LogP contribution >= 0.6 is 0 Å². The summed E-state index contributed by atoms with van der Waals surface area (Å²) in [5, 5.41) is 2.80. The number of carbonyl (C=O) groups is 2. The average Bonchev–Trinajstić information content (AvgIpc) is 2.38. The molecule has 0 radical (unpaired) electrons. The lowest BCUT2D eigenvalue weighted by molar-refractivity contribution is -0.126. The fourth-order valence-corrected chi connectivity index (χ4v) is 1.68. The summed E-state index contributed by atoms with van der Waals surface area (Å²) in [6.07, 6.45) is 1.38. The third-order valence-electron chi connectivity index (χ3n) is 3.02. The van der Waals surface area contributed by atoms with Crippen molar-refractivity contribution < 1.29 is 14.3 Å². The molecule has 20 heavy (non-hydrogen) atoms. The Labute approximate surface area is 120 Å². The standard InChI is InChI=1S/C16H23NO3/c1-16(2,3)14(18)6-5-7-15(19)17-12-8-10-13(20-4)11-9-12/h8-11H,5-7H2,1-4H3,(H,17,19). The molecule has 0 aliphatic carbocycles. The van der Waals surface area contributed by atoms with Gasteiger partial charge < -0.3 is 10.1 Å². The zero-order chi connectivity index (χ0) is 15.2. The van der Waals surface area contributed by atoms with Crippen molar-refractivity contribution >= 4 is 17.4 Å². The Morgan fingerprint density at radius 3 is 2.20 bits per heavy atom. The lowest BCUT2D eigenvalue weighted by Gasteiger charge is -2.16. The summed E-state index contributed by atoms with van der Waals surface area (Å²) < 4.78 is 5.05. The van der Waals surface area contributed by atoms with E-state index in [1.807, 2.05) is 20.8 Å². The Morgan fingerprint density at radius 2 is 1.70 bits per heavy atom. The number of Topliss-reactive ketones (excluding diaryl/α,β-unsaturated/α-hetero) is 1. The van der Waals surface area contributed by atoms with E-state index < -0.39 is 0 Å². The van der Waals surface area contributed by atoms with Crippen molar-refractivity contribution in [1.82, 2.24) is 0 Å². The number of ether oxygens (including phenoxy) is 1. The summed E-state index contributed by atoms with van der Waals surface area (Å²) in [5.41, 5.74) is 0.407. The molecule has 4 nitrogen and oxygen atoms in total. The highest BCUT2D eigenvalue weighted by atomic mass is 16.5. The highest BCUT2D eigenvalue weighted by Gasteiger charge is 2.20. The molecule has 1 amide bonds. The minimum Gasteiger partial charge on any atom is -0.497 e. The maximum Gasteiger partial charge on any atom is 0.224 e. The minimum absolute atomic E-state index is 0.0723. The van der Waals surface area contributed by atoms with Crippen LogP contribution in [0.4, 0.5) is 5.69 Å². The third-order valence-corrected chi connectivity index (χ3v) is 3.02. The van der Waals surface area contributed by atoms with E-state index in [0.717, 1.165) is 11.4 Å². The first kappa shape index (κ1) is 16.2. The van der Waals surface area contributed by atoms with Gasteiger partial charge >= 0.3 is 0 Å². The van der Waals surface area contributed by atoms with Crippen LogP contribution in [-0.4, -0.2) is 18.8 Å². The molecule has 0 atom stereocenters. The zero-order valence-electron chi connectivity index (χ0n) is 12.7. The van der Waals surface area contributed by atoms with Gasteiger partial charge in [-0.15, -0.1) is 0 Å². The monoisotopic (exact) mass is 277 g/mol. The Balaban J connectivity index is 2.35. The number of amides is 1. The number of hydrogen-bond acceptors (Lipinski definition) is 3. The van der Waals surface area contributed by atoms with E-state index in [2.05, 4.69) is 5.32 Å². The van der Waals surface area contributed by atoms with E-state index in [4.69, 9.17) is 4.74 Å². The molecule has 4 heteroatoms. The predicted octanol–water partition coefficient (Wildman–Crippen LogP) is 3.42. The summed E-state index contributed by atoms with van der Waals surface area (Å²) in [5.74, 6) is 0.866. The summed E-state index contributed by atoms with van der Waals surface area (Å²) in [6, 6.07) is 7.16. The van der Waals surface area contributed by atoms with Gasteiger partial charge in [-0.2, -0.15) is 0 Å². The van der Waals surface area contributed by atoms with Crippen molar-refractivity contribution in [2.45, 2.75) is 40.0 Å². The van der Waals surface area contributed by atoms with Crippen molar-refractivity contribution in [2.75, 3.05) is 12.4 Å². The number of rotatable bonds is 6. The van der Waals surface area contributed by atoms with E-state index in [1.54, 1.807) is 31.4 Å². The molecule has 1 aromatic carbocycles. The molecule has 0 bridgehead atoms. The van der Waals surface area contributed by atoms with Crippen LogP contribution in [0, 0.1) is 5.41 Å². The molecule has 0 heterocycles. The van der Waals surface area contributed by atoms with Crippen molar-refractivity contribution in [1.29, 1.82) is 0 Å². The molecule has 1 rings (SSSR count). The molecule has 0 saturated carbocycles. The van der Waals surface area contributed by atoms with Gasteiger partial charge in [-0.05, 0) is 30.7 Å². The quantitative estimate of drug-likeness (QED) is 0.866. The Hall–Kier alpha value is -1.84. The van der Waals surface area contributed by atoms with Crippen LogP contribution in [0.1, 0.15) is 40.0 Å². The average molecular weight is 277 g/mol. The Kier molecular flexibility index (Phi) is 5.74. The number of ketones is 1. The Bertz CT molecular complexity index is 458. The van der Waals surface area contributed by atoms with E-state index in [-0.39, 0.29) is 17.1 Å². The van der Waals surface area contributed by atoms with Crippen LogP contribution in [-0.2, 0) is 9.59 Å². The number of anilines is 1. The van der Waals surface area contributed by atoms with E-state index in [0.29, 0.717) is 19.3 Å². The number of carbonyl (C=O) groups excluding carboxylic acids is 2. The third kappa shape index (κ3) is 5.43. The zero-order valence-corrected chi connectivity index (χ0v) is 12.7. The first-order valence-electron chi connectivity index (χ1n) is 6.80. The largest absolute Gasteiger partial charge is 0.497 e. The van der Waals surface area contributed by atoms with Crippen LogP contribution < -0.4 is 10.1 Å². The lowest BCUT2D eigenvalue weighted by atomic mass is 9.88. The van der Waals surface area contributed by atoms with Gasteiger partial charge in [0.1, 0.15) is 11.5 Å². The van der Waals surface area contributed by atoms with Gasteiger partial charge in [0.25, 0.3) is 0 Å². The molecule has 1 aromatic rings. The highest BCUT2D eigenvalue weighted by Crippen LogP contribution is 2.19. The first-order valence-corrected chi connectivity index (χ1v) is 6.80. The molecule has 0 aliphatic rings. The maximum absolute atomic E-state index is 11.7. The fraction of sp³-hybridized carbons (Fsp3) is 0.500. The van der Waals surface area contributed by atoms with Crippen LogP contribution in [0.3, 0.4) is 0 Å². The Morgan fingerprint density at radius 1 is 1.10 bits per heavy atom. The second-order valence-electron chi connectivity index (χ2n) is 5.80. The molecule has 0 spiro atoms. The summed E-state index contributed by atoms with van der Waals surface area (Å²) in [7, 11) is 1.60. The smallest absolute Gasteiger partial charge is 0.224 e. The second kappa shape index (κ2) is 7.08. The summed E-state index contributed by atoms with van der Waals surface area (Å²) in [6.45, 7) is 5.69. The maximum atomic E-state index is 11.7. The van der Waals surface area contributed by atoms with E-state index >= 15 is 0 Å². The second-order valence-corrected chi connectivity index (χ2v) is 5.80. The SMILES string of the molecule is COc1ccc(NC(=O)CCCC(=O)C(C)(C)C)cc1. The van der Waals surface area contributed by atoms with Gasteiger partial charge in [0.15, 0.2) is 0 Å². The predicted molar refractivity (Wildman–Crippen MR) is 79.9 cm³/mol. The molecular formula is C16H23NO3. The van der Waals surface area contributed by atoms with E-state index in [1.165, 1.54) is 0 Å². The molecule has 0 aromatic heterocycles. The van der Waals surface area contributed by atoms with Gasteiger partial charge in [-0.25, -0.2) is 0 Å². The van der Waals surface area contributed by atoms with Crippen molar-refractivity contribution in [2.24, 2.45) is 5.41 Å². The number of hydrogen-bond donors (Lipinski definition) is 1. The normalized spacial score (nSPS) is 11.0. The summed E-state index contributed by atoms with van der Waals surface area (Å²) >= 11 is 0. The fourth-order valence-electron chi connectivity index (χ4n) is 1.68. The van der Waals surface area contributed by atoms with Gasteiger partial charge in [-0.3, -0.25) is 9.59 Å². The number of benzene rings is 1. The highest BCUT2D eigenvalue weighted by molar-refractivity contribution is 5.91. The van der Waals surface area contributed by atoms with Gasteiger partial charge in [0.2, 0.25) is 5.91 Å². The minimum atomic E-state index is -0.327. The van der Waals surface area contributed by atoms with Gasteiger partial charge in [-0.1, -0.05) is 20.8 Å². The van der Waals surface area contributed by atoms with Crippen molar-refractivity contribution in [3.8, 4) is 5.75 Å². The topological polar surface area (TPSA) is 55.4 Å². The van der Waals surface area contributed by atoms with Crippen LogP contribution in [0.2, 0.25) is 0 Å². The molecule has 0 unspecified atom stereocenters. The molecular weight excluding hydrogens is 254 g/mol. The van der Waals surface area contributed by atoms with Crippen molar-refractivity contribution in [3.05, 3.63) is 24.3 Å². The van der Waals surface area contributed by atoms with Crippen LogP contribution in [0.15, 0.2) is 24.3 Å². The van der Waals surface area contributed by atoms with Crippen LogP contribution in [0.25, 0.3) is 0 Å². The summed E-state index contributed by atoms with van der Waals surface area (Å²) in [4.78, 5) is 23.5. The molecule has 110 valence electrons. The van der Waals surface area contributed by atoms with E-state index in [9.17, 15) is 9.59 Å². The molecule has 1 N–H and O–H groups in total. The van der Waals surface area contributed by atoms with Crippen molar-refractivity contribution in [3.63, 3.8) is 0 Å². The van der Waals surface area contributed by atoms with Gasteiger partial charge in [0.05, 0.1) is 7.11 Å². The molecule has 0 saturated heterocycles. The molecule has 0 fully saturated rings. The number of nitrogens with one attached hydrogen (secondary N) is 1. The first-order chi connectivity index (χ1) is 9.32. The van der Waals surface area contributed by atoms with Gasteiger partial charge in [0, 0.05) is 23.9 Å².